The SMILES string of the molecule is CC(C)CCCN(C)CC(C)(C)C. The van der Waals surface area contributed by atoms with Crippen molar-refractivity contribution in [3.63, 3.8) is 0 Å². The fourth-order valence-corrected chi connectivity index (χ4v) is 1.66. The number of hydrogen-bond acceptors (Lipinski definition) is 1. The summed E-state index contributed by atoms with van der Waals surface area (Å²) in [5.74, 6) is 0.850. The molecule has 0 aliphatic heterocycles. The topological polar surface area (TPSA) is 3.24 Å². The van der Waals surface area contributed by atoms with Gasteiger partial charge in [-0.2, -0.15) is 0 Å². The van der Waals surface area contributed by atoms with Gasteiger partial charge in [-0.05, 0) is 37.8 Å². The first-order valence-electron chi connectivity index (χ1n) is 5.50. The van der Waals surface area contributed by atoms with E-state index in [-0.39, 0.29) is 0 Å². The van der Waals surface area contributed by atoms with Crippen LogP contribution < -0.4 is 0 Å². The maximum Gasteiger partial charge on any atom is 0.00270 e. The Morgan fingerprint density at radius 3 is 2.08 bits per heavy atom. The largest absolute Gasteiger partial charge is 0.306 e. The van der Waals surface area contributed by atoms with Gasteiger partial charge in [-0.25, -0.2) is 0 Å². The molecule has 80 valence electrons. The van der Waals surface area contributed by atoms with Crippen LogP contribution in [-0.2, 0) is 0 Å². The van der Waals surface area contributed by atoms with Gasteiger partial charge in [0, 0.05) is 6.54 Å². The van der Waals surface area contributed by atoms with Gasteiger partial charge in [0.15, 0.2) is 0 Å². The molecule has 0 aliphatic carbocycles. The van der Waals surface area contributed by atoms with Gasteiger partial charge in [-0.15, -0.1) is 0 Å². The third-order valence-electron chi connectivity index (χ3n) is 2.07. The highest BCUT2D eigenvalue weighted by Gasteiger charge is 2.12. The molecule has 0 atom stereocenters. The Labute approximate surface area is 84.5 Å². The molecule has 0 saturated carbocycles. The highest BCUT2D eigenvalue weighted by atomic mass is 15.1. The van der Waals surface area contributed by atoms with Gasteiger partial charge in [0.2, 0.25) is 0 Å². The third-order valence-corrected chi connectivity index (χ3v) is 2.07. The summed E-state index contributed by atoms with van der Waals surface area (Å²) in [6.07, 6.45) is 2.69. The second kappa shape index (κ2) is 5.64. The highest BCUT2D eigenvalue weighted by molar-refractivity contribution is 4.66. The summed E-state index contributed by atoms with van der Waals surface area (Å²) in [6.45, 7) is 13.9. The van der Waals surface area contributed by atoms with E-state index in [9.17, 15) is 0 Å². The lowest BCUT2D eigenvalue weighted by atomic mass is 9.96. The lowest BCUT2D eigenvalue weighted by Crippen LogP contribution is -2.30. The highest BCUT2D eigenvalue weighted by Crippen LogP contribution is 2.14. The van der Waals surface area contributed by atoms with Crippen LogP contribution in [0.3, 0.4) is 0 Å². The van der Waals surface area contributed by atoms with Crippen molar-refractivity contribution >= 4 is 0 Å². The van der Waals surface area contributed by atoms with E-state index in [0.29, 0.717) is 5.41 Å². The van der Waals surface area contributed by atoms with Crippen molar-refractivity contribution in [1.82, 2.24) is 4.90 Å². The van der Waals surface area contributed by atoms with E-state index >= 15 is 0 Å². The van der Waals surface area contributed by atoms with E-state index < -0.39 is 0 Å². The molecule has 0 radical (unpaired) electrons. The van der Waals surface area contributed by atoms with Crippen molar-refractivity contribution in [2.75, 3.05) is 20.1 Å². The molecule has 0 saturated heterocycles. The normalized spacial score (nSPS) is 12.9. The van der Waals surface area contributed by atoms with Gasteiger partial charge in [0.25, 0.3) is 0 Å². The second-order valence-corrected chi connectivity index (χ2v) is 5.83. The molecular weight excluding hydrogens is 158 g/mol. The maximum absolute atomic E-state index is 2.45. The van der Waals surface area contributed by atoms with Crippen LogP contribution in [0.1, 0.15) is 47.5 Å². The second-order valence-electron chi connectivity index (χ2n) is 5.83. The Bertz CT molecular complexity index is 122. The molecule has 0 amide bonds. The van der Waals surface area contributed by atoms with Crippen LogP contribution in [0.2, 0.25) is 0 Å². The first kappa shape index (κ1) is 13.0. The van der Waals surface area contributed by atoms with Gasteiger partial charge < -0.3 is 4.90 Å². The van der Waals surface area contributed by atoms with Gasteiger partial charge in [-0.3, -0.25) is 0 Å². The van der Waals surface area contributed by atoms with Gasteiger partial charge in [-0.1, -0.05) is 34.6 Å². The molecule has 0 N–H and O–H groups in total. The Morgan fingerprint density at radius 2 is 1.69 bits per heavy atom. The van der Waals surface area contributed by atoms with E-state index in [1.54, 1.807) is 0 Å². The summed E-state index contributed by atoms with van der Waals surface area (Å²) in [5.41, 5.74) is 0.437. The van der Waals surface area contributed by atoms with E-state index in [1.807, 2.05) is 0 Å². The van der Waals surface area contributed by atoms with E-state index in [2.05, 4.69) is 46.6 Å². The van der Waals surface area contributed by atoms with E-state index in [1.165, 1.54) is 25.9 Å². The number of nitrogens with zero attached hydrogens (tertiary/aromatic N) is 1. The van der Waals surface area contributed by atoms with Crippen molar-refractivity contribution in [3.8, 4) is 0 Å². The van der Waals surface area contributed by atoms with E-state index in [0.717, 1.165) is 5.92 Å². The molecule has 0 aromatic rings. The molecule has 0 aliphatic rings. The van der Waals surface area contributed by atoms with Crippen LogP contribution >= 0.6 is 0 Å². The smallest absolute Gasteiger partial charge is 0.00270 e. The molecule has 0 rings (SSSR count). The number of hydrogen-bond donors (Lipinski definition) is 0. The first-order valence-corrected chi connectivity index (χ1v) is 5.50. The van der Waals surface area contributed by atoms with Gasteiger partial charge >= 0.3 is 0 Å². The fraction of sp³-hybridized carbons (Fsp3) is 1.00. The molecule has 0 unspecified atom stereocenters. The minimum Gasteiger partial charge on any atom is -0.306 e. The van der Waals surface area contributed by atoms with Gasteiger partial charge in [0.05, 0.1) is 0 Å². The Balaban J connectivity index is 3.46. The Morgan fingerprint density at radius 1 is 1.15 bits per heavy atom. The lowest BCUT2D eigenvalue weighted by molar-refractivity contribution is 0.221. The summed E-state index contributed by atoms with van der Waals surface area (Å²) in [7, 11) is 2.23. The van der Waals surface area contributed by atoms with Crippen LogP contribution in [0.5, 0.6) is 0 Å². The molecule has 0 bridgehead atoms. The van der Waals surface area contributed by atoms with Crippen LogP contribution in [0.25, 0.3) is 0 Å². The molecule has 13 heavy (non-hydrogen) atoms. The van der Waals surface area contributed by atoms with E-state index in [4.69, 9.17) is 0 Å². The average molecular weight is 185 g/mol. The average Bonchev–Trinajstić information content (AvgIpc) is 1.81. The van der Waals surface area contributed by atoms with Gasteiger partial charge in [0.1, 0.15) is 0 Å². The maximum atomic E-state index is 2.45. The molecular formula is C12H27N. The molecule has 0 aromatic carbocycles. The van der Waals surface area contributed by atoms with Crippen molar-refractivity contribution < 1.29 is 0 Å². The molecule has 0 heterocycles. The van der Waals surface area contributed by atoms with Crippen LogP contribution in [0.15, 0.2) is 0 Å². The molecule has 0 aromatic heterocycles. The zero-order chi connectivity index (χ0) is 10.5. The monoisotopic (exact) mass is 185 g/mol. The quantitative estimate of drug-likeness (QED) is 0.634. The predicted octanol–water partition coefficient (Wildman–Crippen LogP) is 3.40. The minimum atomic E-state index is 0.437. The summed E-state index contributed by atoms with van der Waals surface area (Å²) in [6, 6.07) is 0. The van der Waals surface area contributed by atoms with Crippen molar-refractivity contribution in [2.45, 2.75) is 47.5 Å². The molecule has 0 fully saturated rings. The standard InChI is InChI=1S/C12H27N/c1-11(2)8-7-9-13(6)10-12(3,4)5/h11H,7-10H2,1-6H3. The van der Waals surface area contributed by atoms with Crippen molar-refractivity contribution in [3.05, 3.63) is 0 Å². The number of rotatable bonds is 5. The Kier molecular flexibility index (Phi) is 5.62. The Hall–Kier alpha value is -0.0400. The van der Waals surface area contributed by atoms with Crippen molar-refractivity contribution in [2.24, 2.45) is 11.3 Å². The van der Waals surface area contributed by atoms with Crippen LogP contribution in [-0.4, -0.2) is 25.0 Å². The lowest BCUT2D eigenvalue weighted by Gasteiger charge is -2.26. The summed E-state index contributed by atoms with van der Waals surface area (Å²) in [4.78, 5) is 2.45. The molecule has 1 nitrogen and oxygen atoms in total. The summed E-state index contributed by atoms with van der Waals surface area (Å²) >= 11 is 0. The fourth-order valence-electron chi connectivity index (χ4n) is 1.66. The third kappa shape index (κ3) is 9.88. The zero-order valence-electron chi connectivity index (χ0n) is 10.4. The molecule has 0 spiro atoms. The zero-order valence-corrected chi connectivity index (χ0v) is 10.4. The first-order chi connectivity index (χ1) is 5.81. The van der Waals surface area contributed by atoms with Crippen molar-refractivity contribution in [1.29, 1.82) is 0 Å². The summed E-state index contributed by atoms with van der Waals surface area (Å²) in [5, 5.41) is 0. The van der Waals surface area contributed by atoms with Crippen LogP contribution in [0.4, 0.5) is 0 Å². The molecule has 1 heteroatoms. The minimum absolute atomic E-state index is 0.437. The van der Waals surface area contributed by atoms with Crippen LogP contribution in [0, 0.1) is 11.3 Å². The predicted molar refractivity (Wildman–Crippen MR) is 61.0 cm³/mol. The summed E-state index contributed by atoms with van der Waals surface area (Å²) < 4.78 is 0.